The van der Waals surface area contributed by atoms with Crippen molar-refractivity contribution in [3.8, 4) is 0 Å². The maximum atomic E-state index is 12.2. The molecular weight excluding hydrogens is 408 g/mol. The lowest BCUT2D eigenvalue weighted by Gasteiger charge is -2.14. The van der Waals surface area contributed by atoms with Gasteiger partial charge in [-0.25, -0.2) is 13.4 Å². The van der Waals surface area contributed by atoms with Gasteiger partial charge in [0.1, 0.15) is 10.0 Å². The summed E-state index contributed by atoms with van der Waals surface area (Å²) >= 11 is 1.16. The molecule has 7 nitrogen and oxygen atoms in total. The zero-order valence-corrected chi connectivity index (χ0v) is 18.0. The number of aromatic nitrogens is 2. The van der Waals surface area contributed by atoms with Gasteiger partial charge in [0.2, 0.25) is 5.91 Å². The highest BCUT2D eigenvalue weighted by Gasteiger charge is 2.15. The standard InChI is InChI=1S/C20H24N4O3S2/c1-15(14-24-10-9-21-16(24)2)13-22-19(25)12-17-5-7-18(8-6-17)23-29(26,27)20-4-3-11-28-20/h3-11,15,23H,12-14H2,1-2H3,(H,22,25). The molecule has 2 heterocycles. The first-order valence-corrected chi connectivity index (χ1v) is 11.6. The molecule has 2 aromatic heterocycles. The van der Waals surface area contributed by atoms with Crippen molar-refractivity contribution < 1.29 is 13.2 Å². The predicted molar refractivity (Wildman–Crippen MR) is 114 cm³/mol. The minimum atomic E-state index is -3.57. The molecule has 9 heteroatoms. The van der Waals surface area contributed by atoms with Crippen molar-refractivity contribution in [1.82, 2.24) is 14.9 Å². The molecule has 1 unspecified atom stereocenters. The van der Waals surface area contributed by atoms with E-state index >= 15 is 0 Å². The molecule has 29 heavy (non-hydrogen) atoms. The van der Waals surface area contributed by atoms with Crippen molar-refractivity contribution in [1.29, 1.82) is 0 Å². The normalized spacial score (nSPS) is 12.5. The average Bonchev–Trinajstić information content (AvgIpc) is 3.35. The highest BCUT2D eigenvalue weighted by atomic mass is 32.2. The third kappa shape index (κ3) is 5.91. The Balaban J connectivity index is 1.48. The summed E-state index contributed by atoms with van der Waals surface area (Å²) in [5.74, 6) is 1.17. The molecule has 0 saturated heterocycles. The minimum Gasteiger partial charge on any atom is -0.355 e. The molecular formula is C20H24N4O3S2. The van der Waals surface area contributed by atoms with Crippen molar-refractivity contribution in [3.63, 3.8) is 0 Å². The molecule has 0 aliphatic rings. The molecule has 1 amide bonds. The van der Waals surface area contributed by atoms with E-state index in [1.807, 2.05) is 13.1 Å². The number of aryl methyl sites for hydroxylation is 1. The molecule has 1 atom stereocenters. The van der Waals surface area contributed by atoms with Crippen LogP contribution >= 0.6 is 11.3 Å². The zero-order chi connectivity index (χ0) is 20.9. The number of amides is 1. The maximum Gasteiger partial charge on any atom is 0.271 e. The van der Waals surface area contributed by atoms with Crippen LogP contribution in [0, 0.1) is 12.8 Å². The Morgan fingerprint density at radius 3 is 2.62 bits per heavy atom. The summed E-state index contributed by atoms with van der Waals surface area (Å²) in [5, 5.41) is 4.67. The summed E-state index contributed by atoms with van der Waals surface area (Å²) in [6.07, 6.45) is 3.95. The van der Waals surface area contributed by atoms with Crippen molar-refractivity contribution in [2.75, 3.05) is 11.3 Å². The van der Waals surface area contributed by atoms with Crippen LogP contribution in [-0.2, 0) is 27.8 Å². The second kappa shape index (κ2) is 9.23. The van der Waals surface area contributed by atoms with E-state index in [1.54, 1.807) is 48.0 Å². The van der Waals surface area contributed by atoms with E-state index in [4.69, 9.17) is 0 Å². The largest absolute Gasteiger partial charge is 0.355 e. The van der Waals surface area contributed by atoms with Crippen molar-refractivity contribution >= 4 is 33.0 Å². The summed E-state index contributed by atoms with van der Waals surface area (Å²) < 4.78 is 29.3. The highest BCUT2D eigenvalue weighted by molar-refractivity contribution is 7.94. The van der Waals surface area contributed by atoms with Gasteiger partial charge in [-0.3, -0.25) is 9.52 Å². The van der Waals surface area contributed by atoms with Crippen LogP contribution in [0.2, 0.25) is 0 Å². The highest BCUT2D eigenvalue weighted by Crippen LogP contribution is 2.20. The second-order valence-corrected chi connectivity index (χ2v) is 9.80. The molecule has 0 saturated carbocycles. The SMILES string of the molecule is Cc1nccn1CC(C)CNC(=O)Cc1ccc(NS(=O)(=O)c2cccs2)cc1. The number of hydrogen-bond donors (Lipinski definition) is 2. The molecule has 0 aliphatic heterocycles. The van der Waals surface area contributed by atoms with Crippen LogP contribution in [0.3, 0.4) is 0 Å². The Bertz CT molecular complexity index is 1040. The minimum absolute atomic E-state index is 0.0638. The van der Waals surface area contributed by atoms with E-state index in [1.165, 1.54) is 0 Å². The third-order valence-electron chi connectivity index (χ3n) is 4.41. The van der Waals surface area contributed by atoms with Crippen LogP contribution in [0.25, 0.3) is 0 Å². The number of carbonyl (C=O) groups is 1. The zero-order valence-electron chi connectivity index (χ0n) is 16.3. The number of carbonyl (C=O) groups excluding carboxylic acids is 1. The number of sulfonamides is 1. The van der Waals surface area contributed by atoms with Gasteiger partial charge < -0.3 is 9.88 Å². The smallest absolute Gasteiger partial charge is 0.271 e. The Labute approximate surface area is 174 Å². The van der Waals surface area contributed by atoms with Gasteiger partial charge in [0, 0.05) is 31.2 Å². The summed E-state index contributed by atoms with van der Waals surface area (Å²) in [4.78, 5) is 16.4. The molecule has 0 spiro atoms. The van der Waals surface area contributed by atoms with Crippen molar-refractivity contribution in [2.24, 2.45) is 5.92 Å². The first kappa shape index (κ1) is 21.1. The number of hydrogen-bond acceptors (Lipinski definition) is 5. The van der Waals surface area contributed by atoms with Crippen LogP contribution in [0.1, 0.15) is 18.3 Å². The lowest BCUT2D eigenvalue weighted by atomic mass is 10.1. The number of imidazole rings is 1. The van der Waals surface area contributed by atoms with Gasteiger partial charge in [0.15, 0.2) is 0 Å². The Kier molecular flexibility index (Phi) is 6.71. The number of benzene rings is 1. The van der Waals surface area contributed by atoms with E-state index in [0.29, 0.717) is 12.2 Å². The maximum absolute atomic E-state index is 12.2. The lowest BCUT2D eigenvalue weighted by Crippen LogP contribution is -2.31. The summed E-state index contributed by atoms with van der Waals surface area (Å²) in [6.45, 7) is 5.41. The molecule has 3 rings (SSSR count). The summed E-state index contributed by atoms with van der Waals surface area (Å²) in [7, 11) is -3.57. The second-order valence-electron chi connectivity index (χ2n) is 6.95. The topological polar surface area (TPSA) is 93.1 Å². The number of thiophene rings is 1. The van der Waals surface area contributed by atoms with Crippen molar-refractivity contribution in [3.05, 3.63) is 65.6 Å². The van der Waals surface area contributed by atoms with Gasteiger partial charge in [-0.1, -0.05) is 25.1 Å². The third-order valence-corrected chi connectivity index (χ3v) is 7.19. The molecule has 0 aliphatic carbocycles. The molecule has 154 valence electrons. The van der Waals surface area contributed by atoms with Crippen LogP contribution in [-0.4, -0.2) is 30.4 Å². The molecule has 1 aromatic carbocycles. The van der Waals surface area contributed by atoms with E-state index in [0.717, 1.165) is 29.3 Å². The molecule has 0 bridgehead atoms. The van der Waals surface area contributed by atoms with E-state index < -0.39 is 10.0 Å². The van der Waals surface area contributed by atoms with Gasteiger partial charge in [-0.2, -0.15) is 0 Å². The summed E-state index contributed by atoms with van der Waals surface area (Å²) in [6, 6.07) is 10.1. The Morgan fingerprint density at radius 2 is 2.00 bits per heavy atom. The summed E-state index contributed by atoms with van der Waals surface area (Å²) in [5.41, 5.74) is 1.28. The van der Waals surface area contributed by atoms with Gasteiger partial charge in [-0.15, -0.1) is 11.3 Å². The molecule has 0 fully saturated rings. The number of nitrogens with zero attached hydrogens (tertiary/aromatic N) is 2. The predicted octanol–water partition coefficient (Wildman–Crippen LogP) is 3.05. The van der Waals surface area contributed by atoms with E-state index in [-0.39, 0.29) is 22.5 Å². The Hall–Kier alpha value is -2.65. The molecule has 3 aromatic rings. The van der Waals surface area contributed by atoms with Gasteiger partial charge in [0.05, 0.1) is 6.42 Å². The first-order chi connectivity index (χ1) is 13.8. The van der Waals surface area contributed by atoms with E-state index in [9.17, 15) is 13.2 Å². The van der Waals surface area contributed by atoms with Crippen LogP contribution < -0.4 is 10.0 Å². The van der Waals surface area contributed by atoms with Crippen LogP contribution in [0.4, 0.5) is 5.69 Å². The fourth-order valence-corrected chi connectivity index (χ4v) is 4.90. The average molecular weight is 433 g/mol. The van der Waals surface area contributed by atoms with Crippen LogP contribution in [0.5, 0.6) is 0 Å². The van der Waals surface area contributed by atoms with Gasteiger partial charge in [-0.05, 0) is 42.0 Å². The fourth-order valence-electron chi connectivity index (χ4n) is 2.85. The first-order valence-electron chi connectivity index (χ1n) is 9.23. The molecule has 2 N–H and O–H groups in total. The Morgan fingerprint density at radius 1 is 1.24 bits per heavy atom. The number of nitrogens with one attached hydrogen (secondary N) is 2. The van der Waals surface area contributed by atoms with Gasteiger partial charge in [0.25, 0.3) is 10.0 Å². The number of anilines is 1. The van der Waals surface area contributed by atoms with Crippen molar-refractivity contribution in [2.45, 2.75) is 31.0 Å². The van der Waals surface area contributed by atoms with Crippen LogP contribution in [0.15, 0.2) is 58.4 Å². The number of rotatable bonds is 9. The monoisotopic (exact) mass is 432 g/mol. The quantitative estimate of drug-likeness (QED) is 0.543. The van der Waals surface area contributed by atoms with Gasteiger partial charge >= 0.3 is 0 Å². The fraction of sp³-hybridized carbons (Fsp3) is 0.300. The molecule has 0 radical (unpaired) electrons. The lowest BCUT2D eigenvalue weighted by molar-refractivity contribution is -0.120. The van der Waals surface area contributed by atoms with E-state index in [2.05, 4.69) is 26.5 Å².